The van der Waals surface area contributed by atoms with E-state index in [0.717, 1.165) is 32.1 Å². The Morgan fingerprint density at radius 1 is 1.07 bits per heavy atom. The van der Waals surface area contributed by atoms with Gasteiger partial charge in [0.25, 0.3) is 0 Å². The quantitative estimate of drug-likeness (QED) is 0.373. The van der Waals surface area contributed by atoms with Crippen molar-refractivity contribution in [1.82, 2.24) is 15.1 Å². The highest BCUT2D eigenvalue weighted by molar-refractivity contribution is 9.11. The number of allylic oxidation sites excluding steroid dienone is 1. The first-order chi connectivity index (χ1) is 21.3. The van der Waals surface area contributed by atoms with Crippen molar-refractivity contribution in [1.29, 1.82) is 0 Å². The number of aliphatic hydroxyl groups excluding tert-OH is 1. The highest BCUT2D eigenvalue weighted by Crippen LogP contribution is 2.60. The SMILES string of the molecule is C[C@H]1CNC(=O)CC/C=C\CN(C2CCCCC2)C(=O)[C@H]2N([C@H](CO)c3ccccc3)C(=O)[C@@H]3[C@@H](C(=O)O1)[C@@H]1O[C@@]32C=C1Br. The molecule has 0 radical (unpaired) electrons. The fourth-order valence-corrected chi connectivity index (χ4v) is 8.46. The van der Waals surface area contributed by atoms with Gasteiger partial charge in [-0.1, -0.05) is 77.7 Å². The normalized spacial score (nSPS) is 34.8. The van der Waals surface area contributed by atoms with E-state index in [1.165, 1.54) is 4.90 Å². The number of carbonyl (C=O) groups excluding carboxylic acids is 4. The molecule has 7 atom stereocenters. The summed E-state index contributed by atoms with van der Waals surface area (Å²) in [6.07, 6.45) is 9.75. The van der Waals surface area contributed by atoms with Crippen LogP contribution in [-0.2, 0) is 28.7 Å². The van der Waals surface area contributed by atoms with E-state index in [0.29, 0.717) is 23.0 Å². The summed E-state index contributed by atoms with van der Waals surface area (Å²) in [5.74, 6) is -3.49. The molecule has 10 nitrogen and oxygen atoms in total. The van der Waals surface area contributed by atoms with Gasteiger partial charge in [0.2, 0.25) is 17.7 Å². The number of cyclic esters (lactones) is 1. The zero-order chi connectivity index (χ0) is 31.0. The summed E-state index contributed by atoms with van der Waals surface area (Å²) in [5, 5.41) is 13.6. The third-order valence-electron chi connectivity index (χ3n) is 9.77. The highest BCUT2D eigenvalue weighted by atomic mass is 79.9. The van der Waals surface area contributed by atoms with Gasteiger partial charge in [0.15, 0.2) is 0 Å². The van der Waals surface area contributed by atoms with Crippen LogP contribution in [0.15, 0.2) is 53.0 Å². The summed E-state index contributed by atoms with van der Waals surface area (Å²) < 4.78 is 13.0. The number of amides is 3. The van der Waals surface area contributed by atoms with Crippen molar-refractivity contribution in [3.63, 3.8) is 0 Å². The van der Waals surface area contributed by atoms with Gasteiger partial charge >= 0.3 is 5.97 Å². The number of aliphatic hydroxyl groups is 1. The molecule has 1 aliphatic carbocycles. The number of rotatable bonds is 4. The van der Waals surface area contributed by atoms with Gasteiger partial charge in [-0.3, -0.25) is 19.2 Å². The van der Waals surface area contributed by atoms with E-state index in [-0.39, 0.29) is 30.8 Å². The van der Waals surface area contributed by atoms with Crippen LogP contribution in [-0.4, -0.2) is 88.2 Å². The molecular formula is C33H40BrN3O7. The Balaban J connectivity index is 1.48. The molecule has 44 heavy (non-hydrogen) atoms. The van der Waals surface area contributed by atoms with Crippen LogP contribution in [0.2, 0.25) is 0 Å². The van der Waals surface area contributed by atoms with Crippen LogP contribution in [0.25, 0.3) is 0 Å². The molecule has 1 spiro atoms. The summed E-state index contributed by atoms with van der Waals surface area (Å²) in [6.45, 7) is 1.73. The average Bonchev–Trinajstić information content (AvgIpc) is 3.62. The van der Waals surface area contributed by atoms with Gasteiger partial charge in [0, 0.05) is 23.5 Å². The minimum atomic E-state index is -1.43. The number of likely N-dealkylation sites (tertiary alicyclic amines) is 1. The van der Waals surface area contributed by atoms with E-state index in [1.807, 2.05) is 47.4 Å². The van der Waals surface area contributed by atoms with Crippen LogP contribution in [0, 0.1) is 11.8 Å². The molecule has 2 N–H and O–H groups in total. The standard InChI is InChI=1S/C33H40BrN3O7/c1-20-18-35-25(39)15-9-4-10-16-36(22-13-7-3-8-14-22)31(41)29-33-17-23(34)28(44-33)26(32(42)43-20)27(33)30(40)37(29)24(19-38)21-11-5-2-6-12-21/h2,4-6,10-12,17,20,22,24,26-29,38H,3,7-9,13-16,18-19H2,1H3,(H,35,39)/b10-4-/t20-,24+,26+,27-,28+,29+,33-/m0/s1. The smallest absolute Gasteiger partial charge is 0.313 e. The second kappa shape index (κ2) is 12.8. The second-order valence-corrected chi connectivity index (χ2v) is 13.4. The molecule has 0 unspecified atom stereocenters. The number of benzene rings is 1. The summed E-state index contributed by atoms with van der Waals surface area (Å²) in [6, 6.07) is 7.20. The summed E-state index contributed by atoms with van der Waals surface area (Å²) in [5.41, 5.74) is -0.740. The molecule has 5 aliphatic rings. The van der Waals surface area contributed by atoms with Crippen LogP contribution in [0.3, 0.4) is 0 Å². The van der Waals surface area contributed by atoms with Gasteiger partial charge in [-0.15, -0.1) is 0 Å². The van der Waals surface area contributed by atoms with Crippen molar-refractivity contribution in [2.45, 2.75) is 87.8 Å². The molecule has 1 saturated carbocycles. The molecular weight excluding hydrogens is 630 g/mol. The van der Waals surface area contributed by atoms with Gasteiger partial charge in [-0.05, 0) is 37.8 Å². The first kappa shape index (κ1) is 31.0. The largest absolute Gasteiger partial charge is 0.460 e. The third-order valence-corrected chi connectivity index (χ3v) is 10.5. The molecule has 11 heteroatoms. The minimum absolute atomic E-state index is 0.0318. The average molecular weight is 671 g/mol. The van der Waals surface area contributed by atoms with Crippen LogP contribution in [0.5, 0.6) is 0 Å². The van der Waals surface area contributed by atoms with Gasteiger partial charge in [-0.25, -0.2) is 0 Å². The van der Waals surface area contributed by atoms with E-state index in [9.17, 15) is 19.5 Å². The maximum atomic E-state index is 15.0. The predicted octanol–water partition coefficient (Wildman–Crippen LogP) is 3.15. The van der Waals surface area contributed by atoms with Crippen molar-refractivity contribution in [3.05, 3.63) is 58.6 Å². The number of hydrogen-bond acceptors (Lipinski definition) is 7. The number of fused-ring (bicyclic) bond motifs is 2. The van der Waals surface area contributed by atoms with Crippen LogP contribution in [0.1, 0.15) is 63.5 Å². The number of carbonyl (C=O) groups is 4. The van der Waals surface area contributed by atoms with Crippen molar-refractivity contribution in [2.75, 3.05) is 19.7 Å². The van der Waals surface area contributed by atoms with Gasteiger partial charge in [-0.2, -0.15) is 0 Å². The lowest BCUT2D eigenvalue weighted by molar-refractivity contribution is -0.159. The molecule has 6 rings (SSSR count). The Bertz CT molecular complexity index is 1350. The van der Waals surface area contributed by atoms with Crippen LogP contribution in [0.4, 0.5) is 0 Å². The van der Waals surface area contributed by atoms with Gasteiger partial charge in [0.05, 0.1) is 25.1 Å². The summed E-state index contributed by atoms with van der Waals surface area (Å²) in [7, 11) is 0. The van der Waals surface area contributed by atoms with E-state index in [2.05, 4.69) is 21.2 Å². The zero-order valence-corrected chi connectivity index (χ0v) is 26.5. The fourth-order valence-electron chi connectivity index (χ4n) is 7.72. The Kier molecular flexibility index (Phi) is 8.99. The van der Waals surface area contributed by atoms with E-state index >= 15 is 4.79 Å². The maximum absolute atomic E-state index is 15.0. The molecule has 1 aromatic carbocycles. The monoisotopic (exact) mass is 669 g/mol. The van der Waals surface area contributed by atoms with Crippen LogP contribution >= 0.6 is 15.9 Å². The molecule has 2 saturated heterocycles. The summed E-state index contributed by atoms with van der Waals surface area (Å²) in [4.78, 5) is 59.2. The molecule has 4 heterocycles. The Labute approximate surface area is 265 Å². The van der Waals surface area contributed by atoms with Gasteiger partial charge in [0.1, 0.15) is 29.8 Å². The van der Waals surface area contributed by atoms with Gasteiger partial charge < -0.3 is 29.7 Å². The number of nitrogens with one attached hydrogen (secondary N) is 1. The lowest BCUT2D eigenvalue weighted by Crippen LogP contribution is -2.58. The van der Waals surface area contributed by atoms with Crippen molar-refractivity contribution >= 4 is 39.6 Å². The highest BCUT2D eigenvalue weighted by Gasteiger charge is 2.75. The third kappa shape index (κ3) is 5.41. The summed E-state index contributed by atoms with van der Waals surface area (Å²) >= 11 is 3.59. The number of hydrogen-bond donors (Lipinski definition) is 2. The van der Waals surface area contributed by atoms with E-state index in [4.69, 9.17) is 9.47 Å². The first-order valence-electron chi connectivity index (χ1n) is 15.7. The predicted molar refractivity (Wildman–Crippen MR) is 164 cm³/mol. The molecule has 236 valence electrons. The van der Waals surface area contributed by atoms with E-state index < -0.39 is 60.2 Å². The number of ether oxygens (including phenoxy) is 2. The van der Waals surface area contributed by atoms with Crippen LogP contribution < -0.4 is 5.32 Å². The first-order valence-corrected chi connectivity index (χ1v) is 16.5. The zero-order valence-electron chi connectivity index (χ0n) is 24.9. The number of nitrogens with zero attached hydrogens (tertiary/aromatic N) is 2. The second-order valence-electron chi connectivity index (χ2n) is 12.5. The maximum Gasteiger partial charge on any atom is 0.313 e. The molecule has 3 fully saturated rings. The topological polar surface area (TPSA) is 125 Å². The van der Waals surface area contributed by atoms with Crippen molar-refractivity contribution in [3.8, 4) is 0 Å². The Morgan fingerprint density at radius 3 is 2.55 bits per heavy atom. The molecule has 5 bridgehead atoms. The lowest BCUT2D eigenvalue weighted by Gasteiger charge is -2.42. The van der Waals surface area contributed by atoms with Crippen molar-refractivity contribution < 1.29 is 33.8 Å². The molecule has 4 aliphatic heterocycles. The minimum Gasteiger partial charge on any atom is -0.460 e. The lowest BCUT2D eigenvalue weighted by atomic mass is 9.74. The number of esters is 1. The van der Waals surface area contributed by atoms with Crippen molar-refractivity contribution in [2.24, 2.45) is 11.8 Å². The fraction of sp³-hybridized carbons (Fsp3) is 0.576. The molecule has 1 aromatic rings. The Hall–Kier alpha value is -3.02. The number of halogens is 1. The van der Waals surface area contributed by atoms with E-state index in [1.54, 1.807) is 13.0 Å². The molecule has 3 amide bonds. The molecule has 0 aromatic heterocycles. The Morgan fingerprint density at radius 2 is 1.82 bits per heavy atom.